The van der Waals surface area contributed by atoms with Crippen molar-refractivity contribution in [3.05, 3.63) is 24.2 Å². The number of hydrogen-bond donors (Lipinski definition) is 0. The molecule has 0 bridgehead atoms. The lowest BCUT2D eigenvalue weighted by atomic mass is 10.3. The first-order chi connectivity index (χ1) is 11.2. The molecular weight excluding hydrogens is 312 g/mol. The molecule has 1 aliphatic heterocycles. The first kappa shape index (κ1) is 14.6. The van der Waals surface area contributed by atoms with Gasteiger partial charge in [-0.3, -0.25) is 4.68 Å². The average molecular weight is 332 g/mol. The number of aryl methyl sites for hydroxylation is 2. The Morgan fingerprint density at radius 1 is 1.43 bits per heavy atom. The Kier molecular flexibility index (Phi) is 3.78. The quantitative estimate of drug-likeness (QED) is 0.732. The maximum absolute atomic E-state index is 5.99. The van der Waals surface area contributed by atoms with Crippen LogP contribution in [-0.2, 0) is 18.3 Å². The maximum atomic E-state index is 5.99. The van der Waals surface area contributed by atoms with Crippen molar-refractivity contribution in [1.82, 2.24) is 24.5 Å². The molecule has 1 fully saturated rings. The van der Waals surface area contributed by atoms with E-state index < -0.39 is 0 Å². The molecule has 0 aliphatic carbocycles. The van der Waals surface area contributed by atoms with Crippen LogP contribution in [0.25, 0.3) is 10.3 Å². The van der Waals surface area contributed by atoms with Crippen molar-refractivity contribution in [2.24, 2.45) is 7.05 Å². The van der Waals surface area contributed by atoms with Crippen molar-refractivity contribution in [2.45, 2.75) is 26.0 Å². The van der Waals surface area contributed by atoms with E-state index in [1.165, 1.54) is 4.70 Å². The molecule has 8 heteroatoms. The molecule has 4 rings (SSSR count). The molecule has 1 aliphatic rings. The third-order valence-corrected chi connectivity index (χ3v) is 5.32. The highest BCUT2D eigenvalue weighted by Crippen LogP contribution is 2.31. The van der Waals surface area contributed by atoms with Crippen LogP contribution in [0.3, 0.4) is 0 Å². The summed E-state index contributed by atoms with van der Waals surface area (Å²) in [6, 6.07) is 1.94. The molecular formula is C15H20N6OS. The zero-order chi connectivity index (χ0) is 15.8. The Balaban J connectivity index is 1.57. The maximum Gasteiger partial charge on any atom is 0.188 e. The van der Waals surface area contributed by atoms with Crippen LogP contribution in [0.5, 0.6) is 0 Å². The summed E-state index contributed by atoms with van der Waals surface area (Å²) in [4.78, 5) is 7.14. The predicted octanol–water partition coefficient (Wildman–Crippen LogP) is 1.83. The summed E-state index contributed by atoms with van der Waals surface area (Å²) >= 11 is 1.72. The van der Waals surface area contributed by atoms with E-state index in [0.29, 0.717) is 0 Å². The Morgan fingerprint density at radius 2 is 2.35 bits per heavy atom. The van der Waals surface area contributed by atoms with Gasteiger partial charge in [0, 0.05) is 39.1 Å². The van der Waals surface area contributed by atoms with Crippen molar-refractivity contribution in [2.75, 3.05) is 24.6 Å². The van der Waals surface area contributed by atoms with E-state index >= 15 is 0 Å². The van der Waals surface area contributed by atoms with E-state index in [2.05, 4.69) is 15.1 Å². The van der Waals surface area contributed by atoms with Gasteiger partial charge in [0.2, 0.25) is 0 Å². The standard InChI is InChI=1S/C15H20N6OS/c1-11-13-14(19(2)18-11)17-15(23-13)20-6-4-8-22-12(9-20)10-21-7-3-5-16-21/h3,5,7,12H,4,6,8-10H2,1-2H3/t12-/m1/s1. The fraction of sp³-hybridized carbons (Fsp3) is 0.533. The zero-order valence-electron chi connectivity index (χ0n) is 13.3. The van der Waals surface area contributed by atoms with E-state index in [4.69, 9.17) is 9.72 Å². The molecule has 0 saturated carbocycles. The van der Waals surface area contributed by atoms with Crippen LogP contribution in [0.15, 0.2) is 18.5 Å². The fourth-order valence-corrected chi connectivity index (χ4v) is 4.07. The molecule has 0 N–H and O–H groups in total. The summed E-state index contributed by atoms with van der Waals surface area (Å²) < 4.78 is 11.0. The van der Waals surface area contributed by atoms with Crippen LogP contribution < -0.4 is 4.90 Å². The minimum atomic E-state index is 0.128. The van der Waals surface area contributed by atoms with Crippen LogP contribution in [0.1, 0.15) is 12.1 Å². The predicted molar refractivity (Wildman–Crippen MR) is 89.9 cm³/mol. The van der Waals surface area contributed by atoms with Crippen molar-refractivity contribution >= 4 is 26.8 Å². The molecule has 1 saturated heterocycles. The van der Waals surface area contributed by atoms with Gasteiger partial charge in [-0.1, -0.05) is 11.3 Å². The van der Waals surface area contributed by atoms with Gasteiger partial charge in [0.15, 0.2) is 10.8 Å². The highest BCUT2D eigenvalue weighted by Gasteiger charge is 2.23. The normalized spacial score (nSPS) is 19.4. The van der Waals surface area contributed by atoms with Crippen LogP contribution in [-0.4, -0.2) is 50.3 Å². The lowest BCUT2D eigenvalue weighted by Gasteiger charge is -2.23. The summed E-state index contributed by atoms with van der Waals surface area (Å²) in [6.45, 7) is 5.41. The molecule has 4 heterocycles. The zero-order valence-corrected chi connectivity index (χ0v) is 14.2. The van der Waals surface area contributed by atoms with E-state index in [9.17, 15) is 0 Å². The van der Waals surface area contributed by atoms with Crippen LogP contribution in [0.2, 0.25) is 0 Å². The van der Waals surface area contributed by atoms with E-state index in [1.807, 2.05) is 35.6 Å². The summed E-state index contributed by atoms with van der Waals surface area (Å²) in [5.74, 6) is 0. The Labute approximate surface area is 138 Å². The molecule has 7 nitrogen and oxygen atoms in total. The molecule has 0 aromatic carbocycles. The van der Waals surface area contributed by atoms with Crippen molar-refractivity contribution < 1.29 is 4.74 Å². The Bertz CT molecular complexity index is 758. The SMILES string of the molecule is Cc1nn(C)c2nc(N3CCCO[C@@H](Cn4cccn4)C3)sc12. The van der Waals surface area contributed by atoms with Crippen LogP contribution in [0.4, 0.5) is 5.13 Å². The van der Waals surface area contributed by atoms with Gasteiger partial charge >= 0.3 is 0 Å². The molecule has 3 aromatic rings. The van der Waals surface area contributed by atoms with Gasteiger partial charge in [0.05, 0.1) is 23.0 Å². The molecule has 0 amide bonds. The summed E-state index contributed by atoms with van der Waals surface area (Å²) in [6.07, 6.45) is 4.93. The molecule has 1 atom stereocenters. The van der Waals surface area contributed by atoms with E-state index in [1.54, 1.807) is 17.5 Å². The second kappa shape index (κ2) is 5.93. The number of nitrogens with zero attached hydrogens (tertiary/aromatic N) is 6. The van der Waals surface area contributed by atoms with Gasteiger partial charge < -0.3 is 9.64 Å². The van der Waals surface area contributed by atoms with Crippen LogP contribution in [0, 0.1) is 6.92 Å². The van der Waals surface area contributed by atoms with Gasteiger partial charge in [-0.2, -0.15) is 10.2 Å². The molecule has 0 unspecified atom stereocenters. The van der Waals surface area contributed by atoms with Gasteiger partial charge in [-0.25, -0.2) is 9.67 Å². The minimum absolute atomic E-state index is 0.128. The third kappa shape index (κ3) is 2.84. The molecule has 122 valence electrons. The number of anilines is 1. The van der Waals surface area contributed by atoms with Crippen molar-refractivity contribution in [3.8, 4) is 0 Å². The van der Waals surface area contributed by atoms with Crippen LogP contribution >= 0.6 is 11.3 Å². The number of fused-ring (bicyclic) bond motifs is 1. The first-order valence-electron chi connectivity index (χ1n) is 7.85. The number of ether oxygens (including phenoxy) is 1. The number of rotatable bonds is 3. The second-order valence-electron chi connectivity index (χ2n) is 5.88. The topological polar surface area (TPSA) is 61.0 Å². The smallest absolute Gasteiger partial charge is 0.188 e. The van der Waals surface area contributed by atoms with E-state index in [-0.39, 0.29) is 6.10 Å². The first-order valence-corrected chi connectivity index (χ1v) is 8.66. The van der Waals surface area contributed by atoms with Crippen molar-refractivity contribution in [1.29, 1.82) is 0 Å². The summed E-state index contributed by atoms with van der Waals surface area (Å²) in [5.41, 5.74) is 2.02. The number of hydrogen-bond acceptors (Lipinski definition) is 6. The number of thiazole rings is 1. The minimum Gasteiger partial charge on any atom is -0.374 e. The number of aromatic nitrogens is 5. The van der Waals surface area contributed by atoms with Gasteiger partial charge in [-0.05, 0) is 19.4 Å². The van der Waals surface area contributed by atoms with Gasteiger partial charge in [0.25, 0.3) is 0 Å². The third-order valence-electron chi connectivity index (χ3n) is 4.10. The highest BCUT2D eigenvalue weighted by molar-refractivity contribution is 7.22. The second-order valence-corrected chi connectivity index (χ2v) is 6.86. The molecule has 0 spiro atoms. The van der Waals surface area contributed by atoms with Gasteiger partial charge in [0.1, 0.15) is 0 Å². The molecule has 3 aromatic heterocycles. The Hall–Kier alpha value is -1.93. The van der Waals surface area contributed by atoms with E-state index in [0.717, 1.165) is 49.1 Å². The van der Waals surface area contributed by atoms with Crippen molar-refractivity contribution in [3.63, 3.8) is 0 Å². The Morgan fingerprint density at radius 3 is 3.13 bits per heavy atom. The van der Waals surface area contributed by atoms with Gasteiger partial charge in [-0.15, -0.1) is 0 Å². The summed E-state index contributed by atoms with van der Waals surface area (Å²) in [7, 11) is 1.95. The molecule has 23 heavy (non-hydrogen) atoms. The highest BCUT2D eigenvalue weighted by atomic mass is 32.1. The lowest BCUT2D eigenvalue weighted by Crippen LogP contribution is -2.34. The summed E-state index contributed by atoms with van der Waals surface area (Å²) in [5, 5.41) is 9.77. The average Bonchev–Trinajstić information content (AvgIpc) is 3.19. The largest absolute Gasteiger partial charge is 0.374 e. The lowest BCUT2D eigenvalue weighted by molar-refractivity contribution is 0.0544. The fourth-order valence-electron chi connectivity index (χ4n) is 3.01. The monoisotopic (exact) mass is 332 g/mol. The molecule has 0 radical (unpaired) electrons.